The largest absolute Gasteiger partial charge is 0.409 e. The number of hydrogen-bond acceptors (Lipinski definition) is 4. The van der Waals surface area contributed by atoms with E-state index in [4.69, 9.17) is 15.7 Å². The lowest BCUT2D eigenvalue weighted by Gasteiger charge is -2.09. The molecule has 0 amide bonds. The number of nitrogens with two attached hydrogens (primary N) is 1. The number of nitrogens with zero attached hydrogens (tertiary/aromatic N) is 1. The molecule has 4 N–H and O–H groups in total. The summed E-state index contributed by atoms with van der Waals surface area (Å²) in [6.45, 7) is 3.12. The number of oxime groups is 1. The number of nitrogens with one attached hydrogen (secondary N) is 1. The molecular formula is C14H20FN3O2. The summed E-state index contributed by atoms with van der Waals surface area (Å²) >= 11 is 0. The Morgan fingerprint density at radius 3 is 3.05 bits per heavy atom. The van der Waals surface area contributed by atoms with E-state index < -0.39 is 5.82 Å². The molecule has 1 aliphatic rings. The van der Waals surface area contributed by atoms with Gasteiger partial charge in [-0.1, -0.05) is 5.16 Å². The first kappa shape index (κ1) is 14.7. The molecule has 2 rings (SSSR count). The summed E-state index contributed by atoms with van der Waals surface area (Å²) in [5.74, 6) is 0.145. The van der Waals surface area contributed by atoms with Gasteiger partial charge in [-0.25, -0.2) is 4.39 Å². The van der Waals surface area contributed by atoms with Crippen LogP contribution in [0.4, 0.5) is 4.39 Å². The number of halogens is 1. The molecule has 5 nitrogen and oxygen atoms in total. The zero-order valence-electron chi connectivity index (χ0n) is 11.3. The number of ether oxygens (including phenoxy) is 1. The topological polar surface area (TPSA) is 79.9 Å². The second-order valence-electron chi connectivity index (χ2n) is 5.03. The van der Waals surface area contributed by atoms with Gasteiger partial charge < -0.3 is 21.0 Å². The average Bonchev–Trinajstić information content (AvgIpc) is 2.95. The van der Waals surface area contributed by atoms with Gasteiger partial charge in [-0.05, 0) is 49.1 Å². The van der Waals surface area contributed by atoms with Crippen molar-refractivity contribution in [1.82, 2.24) is 5.32 Å². The van der Waals surface area contributed by atoms with E-state index in [1.54, 1.807) is 6.07 Å². The normalized spacial score (nSPS) is 19.4. The monoisotopic (exact) mass is 281 g/mol. The molecule has 0 aromatic heterocycles. The Kier molecular flexibility index (Phi) is 5.31. The Morgan fingerprint density at radius 1 is 1.50 bits per heavy atom. The van der Waals surface area contributed by atoms with Gasteiger partial charge in [0, 0.05) is 25.3 Å². The third-order valence-electron chi connectivity index (χ3n) is 3.44. The van der Waals surface area contributed by atoms with Crippen molar-refractivity contribution in [3.05, 3.63) is 35.1 Å². The van der Waals surface area contributed by atoms with Crippen LogP contribution in [0.15, 0.2) is 23.4 Å². The molecule has 1 aliphatic heterocycles. The van der Waals surface area contributed by atoms with E-state index in [0.717, 1.165) is 38.2 Å². The molecule has 1 heterocycles. The Morgan fingerprint density at radius 2 is 2.35 bits per heavy atom. The van der Waals surface area contributed by atoms with Crippen molar-refractivity contribution in [2.45, 2.75) is 19.4 Å². The van der Waals surface area contributed by atoms with E-state index in [1.807, 2.05) is 0 Å². The third-order valence-corrected chi connectivity index (χ3v) is 3.44. The zero-order chi connectivity index (χ0) is 14.4. The van der Waals surface area contributed by atoms with Crippen LogP contribution in [0.1, 0.15) is 24.0 Å². The number of rotatable bonds is 6. The van der Waals surface area contributed by atoms with E-state index in [0.29, 0.717) is 18.0 Å². The summed E-state index contributed by atoms with van der Waals surface area (Å²) < 4.78 is 18.8. The number of hydrogen-bond donors (Lipinski definition) is 3. The second-order valence-corrected chi connectivity index (χ2v) is 5.03. The van der Waals surface area contributed by atoms with Gasteiger partial charge in [0.05, 0.1) is 0 Å². The molecule has 1 unspecified atom stereocenters. The highest BCUT2D eigenvalue weighted by Gasteiger charge is 2.14. The van der Waals surface area contributed by atoms with Gasteiger partial charge in [0.25, 0.3) is 0 Å². The zero-order valence-corrected chi connectivity index (χ0v) is 11.3. The van der Waals surface area contributed by atoms with E-state index in [2.05, 4.69) is 10.5 Å². The first-order valence-electron chi connectivity index (χ1n) is 6.75. The van der Waals surface area contributed by atoms with Crippen LogP contribution in [-0.2, 0) is 11.3 Å². The van der Waals surface area contributed by atoms with Crippen LogP contribution in [0, 0.1) is 11.7 Å². The van der Waals surface area contributed by atoms with E-state index in [9.17, 15) is 4.39 Å². The van der Waals surface area contributed by atoms with Crippen molar-refractivity contribution in [3.8, 4) is 0 Å². The third kappa shape index (κ3) is 4.18. The molecule has 20 heavy (non-hydrogen) atoms. The lowest BCUT2D eigenvalue weighted by atomic mass is 10.1. The van der Waals surface area contributed by atoms with Crippen molar-refractivity contribution >= 4 is 5.84 Å². The minimum Gasteiger partial charge on any atom is -0.409 e. The predicted molar refractivity (Wildman–Crippen MR) is 74.2 cm³/mol. The van der Waals surface area contributed by atoms with Crippen molar-refractivity contribution in [3.63, 3.8) is 0 Å². The minimum absolute atomic E-state index is 0.0890. The summed E-state index contributed by atoms with van der Waals surface area (Å²) in [6.07, 6.45) is 2.18. The molecule has 0 radical (unpaired) electrons. The van der Waals surface area contributed by atoms with Gasteiger partial charge >= 0.3 is 0 Å². The molecule has 0 aliphatic carbocycles. The van der Waals surface area contributed by atoms with Crippen molar-refractivity contribution < 1.29 is 14.3 Å². The number of amidine groups is 1. The summed E-state index contributed by atoms with van der Waals surface area (Å²) in [5.41, 5.74) is 6.62. The Balaban J connectivity index is 1.84. The summed E-state index contributed by atoms with van der Waals surface area (Å²) in [4.78, 5) is 0. The maximum absolute atomic E-state index is 13.4. The molecule has 6 heteroatoms. The van der Waals surface area contributed by atoms with E-state index >= 15 is 0 Å². The van der Waals surface area contributed by atoms with Crippen LogP contribution in [-0.4, -0.2) is 30.8 Å². The van der Waals surface area contributed by atoms with Crippen LogP contribution < -0.4 is 11.1 Å². The van der Waals surface area contributed by atoms with Crippen LogP contribution in [0.3, 0.4) is 0 Å². The Bertz CT molecular complexity index is 473. The SMILES string of the molecule is N/C(=N/O)c1cc(F)cc(CNCCC2CCOC2)c1. The highest BCUT2D eigenvalue weighted by atomic mass is 19.1. The van der Waals surface area contributed by atoms with Gasteiger partial charge in [-0.2, -0.15) is 0 Å². The fraction of sp³-hybridized carbons (Fsp3) is 0.500. The Labute approximate surface area is 117 Å². The molecule has 0 saturated carbocycles. The standard InChI is InChI=1S/C14H20FN3O2/c15-13-6-11(5-12(7-13)14(16)18-19)8-17-3-1-10-2-4-20-9-10/h5-7,10,17,19H,1-4,8-9H2,(H2,16,18). The van der Waals surface area contributed by atoms with Gasteiger partial charge in [0.15, 0.2) is 5.84 Å². The molecule has 1 saturated heterocycles. The van der Waals surface area contributed by atoms with Gasteiger partial charge in [-0.3, -0.25) is 0 Å². The highest BCUT2D eigenvalue weighted by Crippen LogP contribution is 2.15. The smallest absolute Gasteiger partial charge is 0.170 e. The lowest BCUT2D eigenvalue weighted by Crippen LogP contribution is -2.19. The molecule has 1 aromatic carbocycles. The predicted octanol–water partition coefficient (Wildman–Crippen LogP) is 1.44. The molecule has 1 atom stereocenters. The number of benzene rings is 1. The molecule has 0 spiro atoms. The van der Waals surface area contributed by atoms with Crippen molar-refractivity contribution in [2.75, 3.05) is 19.8 Å². The summed E-state index contributed by atoms with van der Waals surface area (Å²) in [6, 6.07) is 4.40. The Hall–Kier alpha value is -1.66. The minimum atomic E-state index is -0.393. The van der Waals surface area contributed by atoms with Crippen LogP contribution in [0.5, 0.6) is 0 Å². The van der Waals surface area contributed by atoms with Gasteiger partial charge in [0.2, 0.25) is 0 Å². The van der Waals surface area contributed by atoms with Crippen LogP contribution >= 0.6 is 0 Å². The maximum atomic E-state index is 13.4. The molecule has 1 aromatic rings. The highest BCUT2D eigenvalue weighted by molar-refractivity contribution is 5.97. The molecular weight excluding hydrogens is 261 g/mol. The van der Waals surface area contributed by atoms with Crippen molar-refractivity contribution in [1.29, 1.82) is 0 Å². The maximum Gasteiger partial charge on any atom is 0.170 e. The molecule has 1 fully saturated rings. The van der Waals surface area contributed by atoms with Crippen LogP contribution in [0.2, 0.25) is 0 Å². The van der Waals surface area contributed by atoms with Crippen molar-refractivity contribution in [2.24, 2.45) is 16.8 Å². The van der Waals surface area contributed by atoms with Crippen LogP contribution in [0.25, 0.3) is 0 Å². The summed E-state index contributed by atoms with van der Waals surface area (Å²) in [7, 11) is 0. The summed E-state index contributed by atoms with van der Waals surface area (Å²) in [5, 5.41) is 14.8. The second kappa shape index (κ2) is 7.21. The average molecular weight is 281 g/mol. The lowest BCUT2D eigenvalue weighted by molar-refractivity contribution is 0.184. The van der Waals surface area contributed by atoms with E-state index in [1.165, 1.54) is 12.1 Å². The first-order chi connectivity index (χ1) is 9.69. The molecule has 110 valence electrons. The first-order valence-corrected chi connectivity index (χ1v) is 6.75. The van der Waals surface area contributed by atoms with Gasteiger partial charge in [-0.15, -0.1) is 0 Å². The van der Waals surface area contributed by atoms with E-state index in [-0.39, 0.29) is 5.84 Å². The quantitative estimate of drug-likeness (QED) is 0.242. The fourth-order valence-electron chi connectivity index (χ4n) is 2.31. The fourth-order valence-corrected chi connectivity index (χ4v) is 2.31. The van der Waals surface area contributed by atoms with Gasteiger partial charge in [0.1, 0.15) is 5.82 Å². The molecule has 0 bridgehead atoms.